The van der Waals surface area contributed by atoms with Crippen LogP contribution in [0, 0.1) is 0 Å². The predicted octanol–water partition coefficient (Wildman–Crippen LogP) is 3.46. The van der Waals surface area contributed by atoms with Crippen molar-refractivity contribution in [3.05, 3.63) is 52.6 Å². The summed E-state index contributed by atoms with van der Waals surface area (Å²) >= 11 is 4.64. The molecule has 0 fully saturated rings. The summed E-state index contributed by atoms with van der Waals surface area (Å²) in [6.45, 7) is 1.81. The molecule has 0 aliphatic rings. The Bertz CT molecular complexity index is 819. The van der Waals surface area contributed by atoms with Gasteiger partial charge in [0.2, 0.25) is 10.0 Å². The molecule has 0 amide bonds. The zero-order chi connectivity index (χ0) is 17.9. The number of rotatable bonds is 6. The van der Waals surface area contributed by atoms with E-state index < -0.39 is 10.0 Å². The van der Waals surface area contributed by atoms with Crippen molar-refractivity contribution in [3.63, 3.8) is 0 Å². The van der Waals surface area contributed by atoms with Gasteiger partial charge in [-0.2, -0.15) is 0 Å². The second-order valence-corrected chi connectivity index (χ2v) is 9.68. The number of pyridine rings is 1. The molecule has 1 atom stereocenters. The summed E-state index contributed by atoms with van der Waals surface area (Å²) in [5.41, 5.74) is 0.630. The Balaban J connectivity index is 2.11. The maximum absolute atomic E-state index is 12.4. The van der Waals surface area contributed by atoms with E-state index in [0.29, 0.717) is 10.6 Å². The molecule has 0 saturated heterocycles. The fraction of sp³-hybridized carbons (Fsp3) is 0.250. The second kappa shape index (κ2) is 7.77. The van der Waals surface area contributed by atoms with Crippen LogP contribution in [0.15, 0.2) is 57.0 Å². The highest BCUT2D eigenvalue weighted by Gasteiger charge is 2.20. The summed E-state index contributed by atoms with van der Waals surface area (Å²) in [5.74, 6) is -0.000658. The molecule has 8 heteroatoms. The Labute approximate surface area is 154 Å². The number of halogens is 1. The quantitative estimate of drug-likeness (QED) is 0.520. The first-order valence-electron chi connectivity index (χ1n) is 7.07. The van der Waals surface area contributed by atoms with Crippen LogP contribution < -0.4 is 0 Å². The third-order valence-electron chi connectivity index (χ3n) is 3.28. The van der Waals surface area contributed by atoms with Crippen molar-refractivity contribution in [2.24, 2.45) is 0 Å². The highest BCUT2D eigenvalue weighted by molar-refractivity contribution is 9.10. The zero-order valence-corrected chi connectivity index (χ0v) is 16.7. The van der Waals surface area contributed by atoms with E-state index >= 15 is 0 Å². The lowest BCUT2D eigenvalue weighted by Crippen LogP contribution is -2.22. The predicted molar refractivity (Wildman–Crippen MR) is 98.9 cm³/mol. The SMILES string of the molecule is CC(Sc1ccc(S(=O)(=O)N(C)C)cn1)C(=O)c1ccc(Br)cc1. The number of benzene rings is 1. The first-order valence-corrected chi connectivity index (χ1v) is 10.2. The number of hydrogen-bond donors (Lipinski definition) is 0. The van der Waals surface area contributed by atoms with Gasteiger partial charge >= 0.3 is 0 Å². The fourth-order valence-corrected chi connectivity index (χ4v) is 3.86. The summed E-state index contributed by atoms with van der Waals surface area (Å²) in [4.78, 5) is 16.7. The van der Waals surface area contributed by atoms with Crippen molar-refractivity contribution >= 4 is 43.5 Å². The number of ketones is 1. The van der Waals surface area contributed by atoms with Gasteiger partial charge in [0.15, 0.2) is 5.78 Å². The molecule has 0 aliphatic carbocycles. The van der Waals surface area contributed by atoms with Crippen molar-refractivity contribution in [1.82, 2.24) is 9.29 Å². The van der Waals surface area contributed by atoms with Crippen LogP contribution in [-0.4, -0.2) is 42.8 Å². The van der Waals surface area contributed by atoms with E-state index in [-0.39, 0.29) is 15.9 Å². The number of nitrogens with zero attached hydrogens (tertiary/aromatic N) is 2. The van der Waals surface area contributed by atoms with Crippen LogP contribution in [-0.2, 0) is 10.0 Å². The van der Waals surface area contributed by atoms with Gasteiger partial charge in [-0.15, -0.1) is 0 Å². The Morgan fingerprint density at radius 1 is 1.17 bits per heavy atom. The van der Waals surface area contributed by atoms with Crippen LogP contribution >= 0.6 is 27.7 Å². The van der Waals surface area contributed by atoms with E-state index in [2.05, 4.69) is 20.9 Å². The van der Waals surface area contributed by atoms with Gasteiger partial charge in [0.1, 0.15) is 4.90 Å². The Kier molecular flexibility index (Phi) is 6.19. The summed E-state index contributed by atoms with van der Waals surface area (Å²) < 4.78 is 26.1. The number of hydrogen-bond acceptors (Lipinski definition) is 5. The number of carbonyl (C=O) groups excluding carboxylic acids is 1. The fourth-order valence-electron chi connectivity index (χ4n) is 1.88. The molecule has 128 valence electrons. The van der Waals surface area contributed by atoms with Crippen molar-refractivity contribution in [3.8, 4) is 0 Å². The molecule has 1 aromatic carbocycles. The van der Waals surface area contributed by atoms with Crippen LogP contribution in [0.5, 0.6) is 0 Å². The minimum absolute atomic E-state index is 0.000658. The van der Waals surface area contributed by atoms with Gasteiger partial charge in [-0.3, -0.25) is 4.79 Å². The van der Waals surface area contributed by atoms with Crippen molar-refractivity contribution < 1.29 is 13.2 Å². The molecule has 24 heavy (non-hydrogen) atoms. The van der Waals surface area contributed by atoms with E-state index in [1.54, 1.807) is 25.1 Å². The van der Waals surface area contributed by atoms with Crippen LogP contribution in [0.25, 0.3) is 0 Å². The Morgan fingerprint density at radius 3 is 2.29 bits per heavy atom. The van der Waals surface area contributed by atoms with Gasteiger partial charge in [-0.1, -0.05) is 39.8 Å². The maximum Gasteiger partial charge on any atom is 0.244 e. The van der Waals surface area contributed by atoms with Gasteiger partial charge < -0.3 is 0 Å². The van der Waals surface area contributed by atoms with Crippen LogP contribution in [0.4, 0.5) is 0 Å². The molecule has 0 bridgehead atoms. The maximum atomic E-state index is 12.4. The lowest BCUT2D eigenvalue weighted by Gasteiger charge is -2.12. The number of sulfonamides is 1. The average molecular weight is 429 g/mol. The normalized spacial score (nSPS) is 13.0. The van der Waals surface area contributed by atoms with Crippen molar-refractivity contribution in [2.45, 2.75) is 22.1 Å². The van der Waals surface area contributed by atoms with Gasteiger partial charge in [-0.25, -0.2) is 17.7 Å². The Hall–Kier alpha value is -1.22. The van der Waals surface area contributed by atoms with Crippen molar-refractivity contribution in [1.29, 1.82) is 0 Å². The largest absolute Gasteiger partial charge is 0.293 e. The van der Waals surface area contributed by atoms with E-state index in [4.69, 9.17) is 0 Å². The molecule has 5 nitrogen and oxygen atoms in total. The molecule has 0 radical (unpaired) electrons. The molecule has 0 spiro atoms. The third-order valence-corrected chi connectivity index (χ3v) is 6.66. The standard InChI is InChI=1S/C16H17BrN2O3S2/c1-11(16(20)12-4-6-13(17)7-5-12)23-15-9-8-14(10-18-15)24(21,22)19(2)3/h4-11H,1-3H3. The van der Waals surface area contributed by atoms with Crippen LogP contribution in [0.2, 0.25) is 0 Å². The summed E-state index contributed by atoms with van der Waals surface area (Å²) in [6, 6.07) is 10.3. The highest BCUT2D eigenvalue weighted by Crippen LogP contribution is 2.25. The topological polar surface area (TPSA) is 67.3 Å². The number of Topliss-reactive ketones (excluding diaryl/α,β-unsaturated/α-hetero) is 1. The van der Waals surface area contributed by atoms with Gasteiger partial charge in [-0.05, 0) is 31.2 Å². The monoisotopic (exact) mass is 428 g/mol. The molecule has 0 N–H and O–H groups in total. The second-order valence-electron chi connectivity index (χ2n) is 5.25. The van der Waals surface area contributed by atoms with Crippen LogP contribution in [0.1, 0.15) is 17.3 Å². The molecular formula is C16H17BrN2O3S2. The van der Waals surface area contributed by atoms with E-state index in [0.717, 1.165) is 8.78 Å². The third kappa shape index (κ3) is 4.44. The summed E-state index contributed by atoms with van der Waals surface area (Å²) in [7, 11) is -0.557. The minimum atomic E-state index is -3.50. The number of thioether (sulfide) groups is 1. The number of aromatic nitrogens is 1. The highest BCUT2D eigenvalue weighted by atomic mass is 79.9. The first-order chi connectivity index (χ1) is 11.2. The zero-order valence-electron chi connectivity index (χ0n) is 13.4. The molecule has 1 unspecified atom stereocenters. The Morgan fingerprint density at radius 2 is 1.79 bits per heavy atom. The van der Waals surface area contributed by atoms with E-state index in [1.807, 2.05) is 12.1 Å². The van der Waals surface area contributed by atoms with Crippen LogP contribution in [0.3, 0.4) is 0 Å². The lowest BCUT2D eigenvalue weighted by molar-refractivity contribution is 0.0994. The van der Waals surface area contributed by atoms with Crippen molar-refractivity contribution in [2.75, 3.05) is 14.1 Å². The van der Waals surface area contributed by atoms with Gasteiger partial charge in [0.25, 0.3) is 0 Å². The molecule has 0 aliphatic heterocycles. The minimum Gasteiger partial charge on any atom is -0.293 e. The summed E-state index contributed by atoms with van der Waals surface area (Å²) in [5, 5.41) is 0.278. The molecule has 2 rings (SSSR count). The van der Waals surface area contributed by atoms with Gasteiger partial charge in [0, 0.05) is 30.3 Å². The molecule has 2 aromatic rings. The van der Waals surface area contributed by atoms with E-state index in [1.165, 1.54) is 38.1 Å². The lowest BCUT2D eigenvalue weighted by atomic mass is 10.1. The molecular weight excluding hydrogens is 412 g/mol. The van der Waals surface area contributed by atoms with Gasteiger partial charge in [0.05, 0.1) is 10.3 Å². The molecule has 0 saturated carbocycles. The number of carbonyl (C=O) groups is 1. The molecule has 1 heterocycles. The first kappa shape index (κ1) is 19.1. The van der Waals surface area contributed by atoms with E-state index in [9.17, 15) is 13.2 Å². The smallest absolute Gasteiger partial charge is 0.244 e. The average Bonchev–Trinajstić information content (AvgIpc) is 2.55. The molecule has 1 aromatic heterocycles. The summed E-state index contributed by atoms with van der Waals surface area (Å²) in [6.07, 6.45) is 1.31.